The van der Waals surface area contributed by atoms with Crippen molar-refractivity contribution in [3.8, 4) is 50.4 Å². The van der Waals surface area contributed by atoms with E-state index in [-0.39, 0.29) is 21.8 Å². The Bertz CT molecular complexity index is 3270. The molecule has 7 aromatic rings. The van der Waals surface area contributed by atoms with Gasteiger partial charge in [-0.25, -0.2) is 4.90 Å². The van der Waals surface area contributed by atoms with Crippen molar-refractivity contribution in [2.24, 2.45) is 0 Å². The van der Waals surface area contributed by atoms with Gasteiger partial charge in [-0.3, -0.25) is 0 Å². The van der Waals surface area contributed by atoms with Crippen LogP contribution < -0.4 is 19.1 Å². The largest absolute Gasteiger partial charge is 0.432 e. The van der Waals surface area contributed by atoms with Crippen molar-refractivity contribution in [2.75, 3.05) is 9.80 Å². The summed E-state index contributed by atoms with van der Waals surface area (Å²) in [7, 11) is 0. The topological polar surface area (TPSA) is 19.6 Å². The second-order valence-corrected chi connectivity index (χ2v) is 22.0. The number of para-hydroxylation sites is 1. The van der Waals surface area contributed by atoms with Crippen molar-refractivity contribution in [2.45, 2.75) is 124 Å². The van der Waals surface area contributed by atoms with E-state index in [2.05, 4.69) is 175 Å². The maximum absolute atomic E-state index is 9.27. The molecule has 64 heavy (non-hydrogen) atoms. The molecular formula is C60H62N3O+. The van der Waals surface area contributed by atoms with Crippen molar-refractivity contribution >= 4 is 17.1 Å². The predicted octanol–water partition coefficient (Wildman–Crippen LogP) is 15.3. The lowest BCUT2D eigenvalue weighted by molar-refractivity contribution is -0.774. The summed E-state index contributed by atoms with van der Waals surface area (Å²) in [6.45, 7) is 23.8. The lowest BCUT2D eigenvalue weighted by Gasteiger charge is -2.49. The van der Waals surface area contributed by atoms with Gasteiger partial charge in [0.1, 0.15) is 17.5 Å². The molecule has 1 spiro atoms. The highest BCUT2D eigenvalue weighted by Gasteiger charge is 2.70. The molecule has 4 aliphatic heterocycles. The van der Waals surface area contributed by atoms with Crippen LogP contribution in [-0.4, -0.2) is 0 Å². The van der Waals surface area contributed by atoms with Crippen LogP contribution in [0.25, 0.3) is 44.6 Å². The first-order valence-corrected chi connectivity index (χ1v) is 22.9. The normalized spacial score (nSPS) is 19.2. The third-order valence-electron chi connectivity index (χ3n) is 14.2. The molecule has 2 atom stereocenters. The Morgan fingerprint density at radius 2 is 1.33 bits per heavy atom. The van der Waals surface area contributed by atoms with E-state index in [9.17, 15) is 4.11 Å². The minimum Gasteiger partial charge on any atom is -0.410 e. The maximum atomic E-state index is 9.27. The van der Waals surface area contributed by atoms with Crippen molar-refractivity contribution < 1.29 is 14.8 Å². The van der Waals surface area contributed by atoms with E-state index >= 15 is 0 Å². The molecule has 1 aromatic heterocycles. The van der Waals surface area contributed by atoms with Crippen molar-refractivity contribution in [3.63, 3.8) is 0 Å². The summed E-state index contributed by atoms with van der Waals surface area (Å²) < 4.78 is 47.1. The third kappa shape index (κ3) is 5.76. The summed E-state index contributed by atoms with van der Waals surface area (Å²) >= 11 is 0. The quantitative estimate of drug-likeness (QED) is 0.165. The number of fused-ring (bicyclic) bond motifs is 5. The molecule has 0 bridgehead atoms. The van der Waals surface area contributed by atoms with E-state index in [4.69, 9.17) is 6.11 Å². The van der Waals surface area contributed by atoms with Crippen LogP contribution in [-0.2, 0) is 22.1 Å². The van der Waals surface area contributed by atoms with Crippen LogP contribution in [0.3, 0.4) is 0 Å². The maximum Gasteiger partial charge on any atom is 0.432 e. The first-order chi connectivity index (χ1) is 31.8. The smallest absolute Gasteiger partial charge is 0.410 e. The average Bonchev–Trinajstić information content (AvgIpc) is 3.76. The van der Waals surface area contributed by atoms with Gasteiger partial charge in [-0.2, -0.15) is 0 Å². The van der Waals surface area contributed by atoms with Crippen LogP contribution in [0.15, 0.2) is 128 Å². The fourth-order valence-electron chi connectivity index (χ4n) is 10.7. The molecule has 5 heterocycles. The molecule has 0 radical (unpaired) electrons. The van der Waals surface area contributed by atoms with E-state index in [1.807, 2.05) is 50.2 Å². The van der Waals surface area contributed by atoms with Crippen LogP contribution >= 0.6 is 0 Å². The SMILES string of the molecule is [2H]C([2H])([2H])c1cc(-c2cccc(C([2H])(C)C)c2)ccc1N1c2cccc3c2N2C1c1cc(C(C)(C)C)cc(C(C)(C)C)c1OC21c2c-3cc(C(C)(C)C)cc2-c2cc(-c3ccc(C)cc3)cc[n+]21. The highest BCUT2D eigenvalue weighted by atomic mass is 16.5. The van der Waals surface area contributed by atoms with E-state index in [0.29, 0.717) is 5.69 Å². The Balaban J connectivity index is 1.26. The molecule has 0 N–H and O–H groups in total. The van der Waals surface area contributed by atoms with Crippen LogP contribution in [0.2, 0.25) is 0 Å². The minimum atomic E-state index is -2.47. The molecule has 11 rings (SSSR count). The first-order valence-electron chi connectivity index (χ1n) is 24.9. The number of hydrogen-bond donors (Lipinski definition) is 0. The molecule has 2 unspecified atom stereocenters. The summed E-state index contributed by atoms with van der Waals surface area (Å²) in [4.78, 5) is 4.80. The fourth-order valence-corrected chi connectivity index (χ4v) is 10.7. The number of nitrogens with zero attached hydrogens (tertiary/aromatic N) is 3. The van der Waals surface area contributed by atoms with Crippen LogP contribution in [0.5, 0.6) is 5.75 Å². The van der Waals surface area contributed by atoms with Gasteiger partial charge in [-0.15, -0.1) is 4.57 Å². The van der Waals surface area contributed by atoms with Crippen molar-refractivity contribution in [1.29, 1.82) is 0 Å². The highest BCUT2D eigenvalue weighted by Crippen LogP contribution is 2.68. The van der Waals surface area contributed by atoms with Crippen molar-refractivity contribution in [3.05, 3.63) is 172 Å². The third-order valence-corrected chi connectivity index (χ3v) is 14.2. The van der Waals surface area contributed by atoms with Gasteiger partial charge in [0.15, 0.2) is 6.20 Å². The zero-order chi connectivity index (χ0) is 48.4. The Kier molecular flexibility index (Phi) is 7.62. The number of anilines is 3. The first kappa shape index (κ1) is 36.2. The van der Waals surface area contributed by atoms with E-state index in [1.54, 1.807) is 0 Å². The Hall–Kier alpha value is -6.13. The van der Waals surface area contributed by atoms with E-state index in [0.717, 1.165) is 84.0 Å². The number of benzene rings is 6. The fraction of sp³-hybridized carbons (Fsp3) is 0.317. The van der Waals surface area contributed by atoms with Crippen molar-refractivity contribution in [1.82, 2.24) is 0 Å². The van der Waals surface area contributed by atoms with Gasteiger partial charge in [-0.05, 0) is 117 Å². The average molecular weight is 845 g/mol. The Morgan fingerprint density at radius 3 is 2.03 bits per heavy atom. The van der Waals surface area contributed by atoms with Gasteiger partial charge in [-0.1, -0.05) is 155 Å². The monoisotopic (exact) mass is 845 g/mol. The number of aromatic nitrogens is 1. The lowest BCUT2D eigenvalue weighted by Crippen LogP contribution is -2.71. The summed E-state index contributed by atoms with van der Waals surface area (Å²) in [6.07, 6.45) is 1.70. The lowest BCUT2D eigenvalue weighted by atomic mass is 9.77. The summed E-state index contributed by atoms with van der Waals surface area (Å²) in [5.74, 6) is -1.18. The number of rotatable bonds is 4. The molecule has 6 aromatic carbocycles. The van der Waals surface area contributed by atoms with Crippen LogP contribution in [0.1, 0.15) is 138 Å². The number of hydrogen-bond acceptors (Lipinski definition) is 3. The molecule has 0 saturated heterocycles. The van der Waals surface area contributed by atoms with Gasteiger partial charge in [0, 0.05) is 45.6 Å². The summed E-state index contributed by atoms with van der Waals surface area (Å²) in [5.41, 5.74) is 18.2. The highest BCUT2D eigenvalue weighted by molar-refractivity contribution is 6.02. The molecular weight excluding hydrogens is 779 g/mol. The molecule has 0 saturated carbocycles. The number of ether oxygens (including phenoxy) is 1. The van der Waals surface area contributed by atoms with Gasteiger partial charge in [0.2, 0.25) is 5.69 Å². The van der Waals surface area contributed by atoms with Gasteiger partial charge >= 0.3 is 5.85 Å². The summed E-state index contributed by atoms with van der Waals surface area (Å²) in [5, 5.41) is 0. The second-order valence-electron chi connectivity index (χ2n) is 22.0. The summed E-state index contributed by atoms with van der Waals surface area (Å²) in [6, 6.07) is 43.2. The Morgan fingerprint density at radius 1 is 0.656 bits per heavy atom. The predicted molar refractivity (Wildman–Crippen MR) is 266 cm³/mol. The van der Waals surface area contributed by atoms with Gasteiger partial charge in [0.05, 0.1) is 16.9 Å². The molecule has 4 nitrogen and oxygen atoms in total. The molecule has 0 aliphatic carbocycles. The standard InChI is InChI=1S/C60H62N3O/c1-35(2)39-16-14-17-40(29-39)41-24-25-50(37(4)28-41)62-51-19-15-18-45-46-31-43(57(5,6)7)32-47-52-30-42(38-22-20-36(3)21-23-38)26-27-61(52)60(53(46)47)63(54(45)51)56(62)48-33-44(58(8,9)10)34-49(55(48)64-60)59(11,12)13/h14-35,56H,1-13H3/q+1/i4D3,35D. The molecule has 4 heteroatoms. The number of aryl methyl sites for hydroxylation is 2. The zero-order valence-electron chi connectivity index (χ0n) is 43.5. The zero-order valence-corrected chi connectivity index (χ0v) is 39.5. The Labute approximate surface area is 386 Å². The van der Waals surface area contributed by atoms with Gasteiger partial charge < -0.3 is 9.64 Å². The molecule has 0 fully saturated rings. The van der Waals surface area contributed by atoms with Crippen LogP contribution in [0.4, 0.5) is 17.1 Å². The molecule has 4 aliphatic rings. The molecule has 322 valence electrons. The molecule has 0 amide bonds. The van der Waals surface area contributed by atoms with E-state index in [1.165, 1.54) is 16.7 Å². The van der Waals surface area contributed by atoms with Crippen LogP contribution in [0, 0.1) is 13.8 Å². The van der Waals surface area contributed by atoms with E-state index < -0.39 is 24.8 Å². The second kappa shape index (κ2) is 13.5. The van der Waals surface area contributed by atoms with Gasteiger partial charge in [0.25, 0.3) is 0 Å². The minimum absolute atomic E-state index is 0.167. The number of pyridine rings is 1.